The molecule has 0 radical (unpaired) electrons. The molecule has 3 N–H and O–H groups in total. The highest BCUT2D eigenvalue weighted by atomic mass is 32.2. The van der Waals surface area contributed by atoms with Crippen molar-refractivity contribution in [2.45, 2.75) is 38.4 Å². The van der Waals surface area contributed by atoms with Gasteiger partial charge in [0.05, 0.1) is 11.4 Å². The summed E-state index contributed by atoms with van der Waals surface area (Å²) in [6.45, 7) is 2.50. The first-order valence-electron chi connectivity index (χ1n) is 13.6. The van der Waals surface area contributed by atoms with Crippen LogP contribution in [0.5, 0.6) is 11.6 Å². The van der Waals surface area contributed by atoms with Crippen LogP contribution in [-0.4, -0.2) is 54.4 Å². The smallest absolute Gasteiger partial charge is 0.246 e. The number of rotatable bonds is 9. The van der Waals surface area contributed by atoms with Crippen LogP contribution in [0.4, 0.5) is 20.3 Å². The third-order valence-corrected chi connectivity index (χ3v) is 8.71. The summed E-state index contributed by atoms with van der Waals surface area (Å²) in [5.74, 6) is 0.267. The number of nitrogens with zero attached hydrogens (tertiary/aromatic N) is 3. The first kappa shape index (κ1) is 27.3. The lowest BCUT2D eigenvalue weighted by molar-refractivity contribution is 0.255. The Morgan fingerprint density at radius 1 is 1.05 bits per heavy atom. The van der Waals surface area contributed by atoms with E-state index in [9.17, 15) is 12.8 Å². The number of anilines is 2. The number of aromatic nitrogens is 3. The number of fused-ring (bicyclic) bond motifs is 1. The summed E-state index contributed by atoms with van der Waals surface area (Å²) < 4.78 is 63.9. The topological polar surface area (TPSA) is 118 Å². The molecule has 1 aliphatic heterocycles. The summed E-state index contributed by atoms with van der Waals surface area (Å²) in [6.07, 6.45) is 5.79. The van der Waals surface area contributed by atoms with Crippen molar-refractivity contribution in [1.29, 1.82) is 0 Å². The zero-order chi connectivity index (χ0) is 28.6. The van der Waals surface area contributed by atoms with Crippen LogP contribution in [0.15, 0.2) is 55.0 Å². The Kier molecular flexibility index (Phi) is 7.43. The van der Waals surface area contributed by atoms with E-state index in [0.29, 0.717) is 47.4 Å². The quantitative estimate of drug-likeness (QED) is 0.248. The van der Waals surface area contributed by atoms with Crippen molar-refractivity contribution >= 4 is 32.3 Å². The van der Waals surface area contributed by atoms with E-state index in [-0.39, 0.29) is 40.6 Å². The number of halogens is 2. The summed E-state index contributed by atoms with van der Waals surface area (Å²) in [5, 5.41) is 7.22. The lowest BCUT2D eigenvalue weighted by Crippen LogP contribution is -2.44. The van der Waals surface area contributed by atoms with Crippen molar-refractivity contribution in [1.82, 2.24) is 20.3 Å². The highest BCUT2D eigenvalue weighted by molar-refractivity contribution is 7.92. The molecule has 2 unspecified atom stereocenters. The van der Waals surface area contributed by atoms with Gasteiger partial charge in [-0.3, -0.25) is 4.72 Å². The number of pyridine rings is 1. The number of ether oxygens (including phenoxy) is 1. The maximum Gasteiger partial charge on any atom is 0.246 e. The van der Waals surface area contributed by atoms with E-state index in [1.165, 1.54) is 19.3 Å². The van der Waals surface area contributed by atoms with Crippen molar-refractivity contribution in [2.24, 2.45) is 5.92 Å². The van der Waals surface area contributed by atoms with E-state index in [0.717, 1.165) is 12.8 Å². The number of piperidine rings is 1. The van der Waals surface area contributed by atoms with Gasteiger partial charge in [0.15, 0.2) is 5.82 Å². The van der Waals surface area contributed by atoms with Gasteiger partial charge in [-0.05, 0) is 37.8 Å². The monoisotopic (exact) mass is 580 g/mol. The molecule has 1 aliphatic carbocycles. The van der Waals surface area contributed by atoms with Crippen LogP contribution in [0.2, 0.25) is 0 Å². The molecule has 214 valence electrons. The van der Waals surface area contributed by atoms with Crippen molar-refractivity contribution in [3.05, 3.63) is 66.4 Å². The fraction of sp³-hybridized carbons (Fsp3) is 0.345. The summed E-state index contributed by atoms with van der Waals surface area (Å²) in [7, 11) is -3.72. The molecule has 0 amide bonds. The number of hydrogen-bond donors (Lipinski definition) is 3. The molecule has 3 heterocycles. The number of sulfonamides is 1. The second-order valence-electron chi connectivity index (χ2n) is 10.6. The normalized spacial score (nSPS) is 19.2. The minimum atomic E-state index is -3.72. The molecule has 9 nitrogen and oxygen atoms in total. The lowest BCUT2D eigenvalue weighted by atomic mass is 10.0. The molecule has 2 fully saturated rings. The predicted octanol–water partition coefficient (Wildman–Crippen LogP) is 5.20. The van der Waals surface area contributed by atoms with Crippen molar-refractivity contribution in [2.75, 3.05) is 28.9 Å². The molecular weight excluding hydrogens is 550 g/mol. The number of hydrogen-bond acceptors (Lipinski definition) is 8. The molecule has 1 saturated heterocycles. The van der Waals surface area contributed by atoms with E-state index >= 15 is 4.39 Å². The van der Waals surface area contributed by atoms with Gasteiger partial charge in [-0.2, -0.15) is 0 Å². The van der Waals surface area contributed by atoms with Gasteiger partial charge in [0.25, 0.3) is 0 Å². The number of benzene rings is 2. The molecule has 2 aliphatic rings. The van der Waals surface area contributed by atoms with Crippen molar-refractivity contribution < 1.29 is 21.9 Å². The Morgan fingerprint density at radius 2 is 1.83 bits per heavy atom. The predicted molar refractivity (Wildman–Crippen MR) is 154 cm³/mol. The molecular formula is C29H30F2N6O3S. The molecule has 2 aromatic carbocycles. The standard InChI is InChI=1S/C29H30F2N6O3S/c1-17-25(31)27(37-41(38,39)16-18-6-7-18)22-4-2-3-5-23(22)28(17)40-29-26(34-10-11-35-29)19-8-9-33-24(12-19)36-21-13-20(30)14-32-15-21/h2-5,8-12,18,20-21,32,37H,6-7,13-16H2,1H3,(H,33,36). The van der Waals surface area contributed by atoms with E-state index in [4.69, 9.17) is 4.74 Å². The Balaban J connectivity index is 1.34. The largest absolute Gasteiger partial charge is 0.436 e. The molecule has 1 saturated carbocycles. The zero-order valence-corrected chi connectivity index (χ0v) is 23.2. The minimum absolute atomic E-state index is 0.0323. The Labute approximate surface area is 236 Å². The van der Waals surface area contributed by atoms with Gasteiger partial charge in [-0.15, -0.1) is 0 Å². The number of alkyl halides is 1. The van der Waals surface area contributed by atoms with Gasteiger partial charge >= 0.3 is 0 Å². The van der Waals surface area contributed by atoms with E-state index < -0.39 is 22.0 Å². The van der Waals surface area contributed by atoms with Gasteiger partial charge in [-0.1, -0.05) is 24.3 Å². The average molecular weight is 581 g/mol. The van der Waals surface area contributed by atoms with Gasteiger partial charge in [0.1, 0.15) is 23.4 Å². The first-order valence-corrected chi connectivity index (χ1v) is 15.2. The fourth-order valence-electron chi connectivity index (χ4n) is 5.09. The molecule has 0 spiro atoms. The minimum Gasteiger partial charge on any atom is -0.436 e. The molecule has 2 atom stereocenters. The van der Waals surface area contributed by atoms with Crippen LogP contribution < -0.4 is 20.1 Å². The molecule has 6 rings (SSSR count). The zero-order valence-electron chi connectivity index (χ0n) is 22.4. The van der Waals surface area contributed by atoms with Crippen LogP contribution >= 0.6 is 0 Å². The molecule has 0 bridgehead atoms. The lowest BCUT2D eigenvalue weighted by Gasteiger charge is -2.26. The Bertz CT molecular complexity index is 1700. The van der Waals surface area contributed by atoms with Crippen LogP contribution in [0.1, 0.15) is 24.8 Å². The highest BCUT2D eigenvalue weighted by Gasteiger charge is 2.30. The summed E-state index contributed by atoms with van der Waals surface area (Å²) in [5.41, 5.74) is 1.09. The van der Waals surface area contributed by atoms with E-state index in [1.807, 2.05) is 0 Å². The Hall–Kier alpha value is -3.90. The third kappa shape index (κ3) is 6.08. The molecule has 12 heteroatoms. The van der Waals surface area contributed by atoms with Crippen LogP contribution in [0, 0.1) is 18.7 Å². The van der Waals surface area contributed by atoms with Crippen molar-refractivity contribution in [3.63, 3.8) is 0 Å². The fourth-order valence-corrected chi connectivity index (χ4v) is 6.64. The second-order valence-corrected chi connectivity index (χ2v) is 12.4. The first-order chi connectivity index (χ1) is 19.8. The third-order valence-electron chi connectivity index (χ3n) is 7.29. The summed E-state index contributed by atoms with van der Waals surface area (Å²) in [6, 6.07) is 10.3. The molecule has 4 aromatic rings. The molecule has 2 aromatic heterocycles. The van der Waals surface area contributed by atoms with E-state index in [2.05, 4.69) is 30.3 Å². The molecule has 41 heavy (non-hydrogen) atoms. The van der Waals surface area contributed by atoms with E-state index in [1.54, 1.807) is 42.6 Å². The van der Waals surface area contributed by atoms with Gasteiger partial charge in [0, 0.05) is 66.0 Å². The van der Waals surface area contributed by atoms with Gasteiger partial charge < -0.3 is 15.4 Å². The maximum atomic E-state index is 15.8. The number of nitrogens with one attached hydrogen (secondary N) is 3. The van der Waals surface area contributed by atoms with Gasteiger partial charge in [-0.25, -0.2) is 32.2 Å². The van der Waals surface area contributed by atoms with Crippen LogP contribution in [0.25, 0.3) is 22.0 Å². The van der Waals surface area contributed by atoms with Crippen LogP contribution in [0.3, 0.4) is 0 Å². The Morgan fingerprint density at radius 3 is 2.61 bits per heavy atom. The average Bonchev–Trinajstić information content (AvgIpc) is 3.77. The van der Waals surface area contributed by atoms with Crippen LogP contribution in [-0.2, 0) is 10.0 Å². The summed E-state index contributed by atoms with van der Waals surface area (Å²) in [4.78, 5) is 13.2. The van der Waals surface area contributed by atoms with Crippen molar-refractivity contribution in [3.8, 4) is 22.9 Å². The second kappa shape index (κ2) is 11.2. The maximum absolute atomic E-state index is 15.8. The SMILES string of the molecule is Cc1c(F)c(NS(=O)(=O)CC2CC2)c2ccccc2c1Oc1nccnc1-c1ccnc(NC2CNCC(F)C2)c1. The highest BCUT2D eigenvalue weighted by Crippen LogP contribution is 2.42. The van der Waals surface area contributed by atoms with Gasteiger partial charge in [0.2, 0.25) is 15.9 Å². The summed E-state index contributed by atoms with van der Waals surface area (Å²) >= 11 is 0.